The Bertz CT molecular complexity index is 606. The SMILES string of the molecule is CNCCC1CCN(C(=O)C2CC23CCCc2ccccc23)CC1. The highest BCUT2D eigenvalue weighted by Crippen LogP contribution is 2.60. The van der Waals surface area contributed by atoms with Crippen molar-refractivity contribution in [2.45, 2.75) is 50.4 Å². The van der Waals surface area contributed by atoms with Gasteiger partial charge in [0.05, 0.1) is 0 Å². The standard InChI is InChI=1S/C21H30N2O/c1-22-12-8-16-9-13-23(14-10-16)20(24)19-15-21(19)11-4-6-17-5-2-3-7-18(17)21/h2-3,5,7,16,19,22H,4,6,8-15H2,1H3. The van der Waals surface area contributed by atoms with Gasteiger partial charge in [0.15, 0.2) is 0 Å². The van der Waals surface area contributed by atoms with Crippen molar-refractivity contribution in [2.24, 2.45) is 11.8 Å². The fraction of sp³-hybridized carbons (Fsp3) is 0.667. The Labute approximate surface area is 145 Å². The van der Waals surface area contributed by atoms with Gasteiger partial charge in [0, 0.05) is 24.4 Å². The predicted octanol–water partition coefficient (Wildman–Crippen LogP) is 3.13. The summed E-state index contributed by atoms with van der Waals surface area (Å²) in [6.07, 6.45) is 8.34. The number of amides is 1. The molecule has 0 aromatic heterocycles. The Balaban J connectivity index is 1.40. The van der Waals surface area contributed by atoms with E-state index in [-0.39, 0.29) is 11.3 Å². The highest BCUT2D eigenvalue weighted by Gasteiger charge is 2.60. The fourth-order valence-electron chi connectivity index (χ4n) is 5.17. The molecule has 3 heteroatoms. The number of hydrogen-bond acceptors (Lipinski definition) is 2. The third-order valence-electron chi connectivity index (χ3n) is 6.72. The van der Waals surface area contributed by atoms with E-state index < -0.39 is 0 Å². The minimum Gasteiger partial charge on any atom is -0.342 e. The van der Waals surface area contributed by atoms with Crippen molar-refractivity contribution < 1.29 is 4.79 Å². The van der Waals surface area contributed by atoms with Gasteiger partial charge >= 0.3 is 0 Å². The summed E-state index contributed by atoms with van der Waals surface area (Å²) in [7, 11) is 2.02. The van der Waals surface area contributed by atoms with Crippen LogP contribution in [0.1, 0.15) is 49.7 Å². The Morgan fingerprint density at radius 1 is 1.29 bits per heavy atom. The van der Waals surface area contributed by atoms with E-state index in [1.54, 1.807) is 0 Å². The van der Waals surface area contributed by atoms with E-state index in [2.05, 4.69) is 34.5 Å². The van der Waals surface area contributed by atoms with Crippen molar-refractivity contribution in [3.63, 3.8) is 0 Å². The molecule has 3 aliphatic rings. The molecule has 130 valence electrons. The summed E-state index contributed by atoms with van der Waals surface area (Å²) in [4.78, 5) is 15.3. The molecule has 2 atom stereocenters. The molecule has 1 heterocycles. The zero-order chi connectivity index (χ0) is 16.6. The molecule has 2 aliphatic carbocycles. The van der Waals surface area contributed by atoms with Crippen molar-refractivity contribution in [1.82, 2.24) is 10.2 Å². The Hall–Kier alpha value is -1.35. The summed E-state index contributed by atoms with van der Waals surface area (Å²) >= 11 is 0. The second-order valence-corrected chi connectivity index (χ2v) is 8.08. The lowest BCUT2D eigenvalue weighted by Crippen LogP contribution is -2.41. The number of nitrogens with zero attached hydrogens (tertiary/aromatic N) is 1. The summed E-state index contributed by atoms with van der Waals surface area (Å²) in [5.41, 5.74) is 3.16. The van der Waals surface area contributed by atoms with E-state index in [9.17, 15) is 4.79 Å². The van der Waals surface area contributed by atoms with E-state index in [4.69, 9.17) is 0 Å². The number of likely N-dealkylation sites (tertiary alicyclic amines) is 1. The Morgan fingerprint density at radius 3 is 2.88 bits per heavy atom. The molecule has 2 unspecified atom stereocenters. The van der Waals surface area contributed by atoms with Crippen LogP contribution >= 0.6 is 0 Å². The fourth-order valence-corrected chi connectivity index (χ4v) is 5.17. The zero-order valence-electron chi connectivity index (χ0n) is 14.9. The number of rotatable bonds is 4. The van der Waals surface area contributed by atoms with Crippen LogP contribution in [-0.4, -0.2) is 37.5 Å². The van der Waals surface area contributed by atoms with Crippen molar-refractivity contribution in [3.8, 4) is 0 Å². The van der Waals surface area contributed by atoms with Gasteiger partial charge in [-0.05, 0) is 75.6 Å². The molecule has 0 radical (unpaired) electrons. The molecule has 1 amide bonds. The van der Waals surface area contributed by atoms with Crippen molar-refractivity contribution in [2.75, 3.05) is 26.7 Å². The van der Waals surface area contributed by atoms with Gasteiger partial charge in [-0.1, -0.05) is 24.3 Å². The second-order valence-electron chi connectivity index (χ2n) is 8.08. The zero-order valence-corrected chi connectivity index (χ0v) is 14.9. The molecule has 1 aromatic rings. The van der Waals surface area contributed by atoms with Crippen LogP contribution in [0, 0.1) is 11.8 Å². The molecule has 1 aliphatic heterocycles. The molecule has 0 bridgehead atoms. The van der Waals surface area contributed by atoms with E-state index >= 15 is 0 Å². The first-order valence-electron chi connectivity index (χ1n) is 9.76. The molecule has 1 saturated carbocycles. The van der Waals surface area contributed by atoms with E-state index in [1.165, 1.54) is 49.7 Å². The van der Waals surface area contributed by atoms with Crippen LogP contribution in [0.4, 0.5) is 0 Å². The van der Waals surface area contributed by atoms with Crippen LogP contribution in [0.3, 0.4) is 0 Å². The monoisotopic (exact) mass is 326 g/mol. The predicted molar refractivity (Wildman–Crippen MR) is 97.0 cm³/mol. The summed E-state index contributed by atoms with van der Waals surface area (Å²) < 4.78 is 0. The molecule has 1 aromatic carbocycles. The van der Waals surface area contributed by atoms with Crippen molar-refractivity contribution in [3.05, 3.63) is 35.4 Å². The van der Waals surface area contributed by atoms with Crippen LogP contribution in [0.25, 0.3) is 0 Å². The van der Waals surface area contributed by atoms with Crippen molar-refractivity contribution in [1.29, 1.82) is 0 Å². The first-order valence-corrected chi connectivity index (χ1v) is 9.76. The molecule has 2 fully saturated rings. The van der Waals surface area contributed by atoms with Gasteiger partial charge < -0.3 is 10.2 Å². The largest absolute Gasteiger partial charge is 0.342 e. The van der Waals surface area contributed by atoms with Gasteiger partial charge in [-0.15, -0.1) is 0 Å². The number of fused-ring (bicyclic) bond motifs is 2. The highest BCUT2D eigenvalue weighted by molar-refractivity contribution is 5.85. The minimum absolute atomic E-state index is 0.189. The average molecular weight is 326 g/mol. The van der Waals surface area contributed by atoms with Crippen LogP contribution in [0.5, 0.6) is 0 Å². The molecule has 3 nitrogen and oxygen atoms in total. The number of piperidine rings is 1. The maximum atomic E-state index is 13.1. The number of carbonyl (C=O) groups excluding carboxylic acids is 1. The molecule has 24 heavy (non-hydrogen) atoms. The Morgan fingerprint density at radius 2 is 2.08 bits per heavy atom. The summed E-state index contributed by atoms with van der Waals surface area (Å²) in [6, 6.07) is 8.85. The van der Waals surface area contributed by atoms with Gasteiger partial charge in [0.1, 0.15) is 0 Å². The van der Waals surface area contributed by atoms with Crippen LogP contribution in [-0.2, 0) is 16.6 Å². The number of carbonyl (C=O) groups is 1. The Kier molecular flexibility index (Phi) is 4.38. The summed E-state index contributed by atoms with van der Waals surface area (Å²) in [5.74, 6) is 1.50. The summed E-state index contributed by atoms with van der Waals surface area (Å²) in [6.45, 7) is 3.05. The average Bonchev–Trinajstić information content (AvgIpc) is 3.35. The number of nitrogens with one attached hydrogen (secondary N) is 1. The molecular formula is C21H30N2O. The molecular weight excluding hydrogens is 296 g/mol. The third kappa shape index (κ3) is 2.77. The lowest BCUT2D eigenvalue weighted by molar-refractivity contribution is -0.134. The first kappa shape index (κ1) is 16.1. The lowest BCUT2D eigenvalue weighted by atomic mass is 9.78. The first-order chi connectivity index (χ1) is 11.7. The van der Waals surface area contributed by atoms with Gasteiger partial charge in [0.25, 0.3) is 0 Å². The highest BCUT2D eigenvalue weighted by atomic mass is 16.2. The van der Waals surface area contributed by atoms with Gasteiger partial charge in [-0.25, -0.2) is 0 Å². The quantitative estimate of drug-likeness (QED) is 0.922. The van der Waals surface area contributed by atoms with Crippen LogP contribution in [0.2, 0.25) is 0 Å². The molecule has 1 N–H and O–H groups in total. The van der Waals surface area contributed by atoms with Crippen LogP contribution < -0.4 is 5.32 Å². The van der Waals surface area contributed by atoms with E-state index in [0.29, 0.717) is 5.91 Å². The van der Waals surface area contributed by atoms with E-state index in [0.717, 1.165) is 32.0 Å². The number of aryl methyl sites for hydroxylation is 1. The molecule has 4 rings (SSSR count). The second kappa shape index (κ2) is 6.51. The van der Waals surface area contributed by atoms with Crippen molar-refractivity contribution >= 4 is 5.91 Å². The normalized spacial score (nSPS) is 29.5. The van der Waals surface area contributed by atoms with E-state index in [1.807, 2.05) is 7.05 Å². The smallest absolute Gasteiger partial charge is 0.226 e. The van der Waals surface area contributed by atoms with Gasteiger partial charge in [0.2, 0.25) is 5.91 Å². The topological polar surface area (TPSA) is 32.3 Å². The third-order valence-corrected chi connectivity index (χ3v) is 6.72. The number of hydrogen-bond donors (Lipinski definition) is 1. The maximum Gasteiger partial charge on any atom is 0.226 e. The minimum atomic E-state index is 0.189. The maximum absolute atomic E-state index is 13.1. The lowest BCUT2D eigenvalue weighted by Gasteiger charge is -2.33. The molecule has 1 saturated heterocycles. The van der Waals surface area contributed by atoms with Crippen LogP contribution in [0.15, 0.2) is 24.3 Å². The van der Waals surface area contributed by atoms with Gasteiger partial charge in [-0.3, -0.25) is 4.79 Å². The molecule has 1 spiro atoms. The number of benzene rings is 1. The summed E-state index contributed by atoms with van der Waals surface area (Å²) in [5, 5.41) is 3.24. The van der Waals surface area contributed by atoms with Gasteiger partial charge in [-0.2, -0.15) is 0 Å².